The van der Waals surface area contributed by atoms with Crippen molar-refractivity contribution in [3.05, 3.63) is 44.2 Å². The molecule has 0 radical (unpaired) electrons. The topological polar surface area (TPSA) is 29.9 Å². The Bertz CT molecular complexity index is 496. The SMILES string of the molecule is CNCc1cc(Br)ccc1-n1cc(I)cn1. The van der Waals surface area contributed by atoms with Crippen LogP contribution in [0.1, 0.15) is 5.56 Å². The first-order chi connectivity index (χ1) is 7.70. The Labute approximate surface area is 117 Å². The van der Waals surface area contributed by atoms with Crippen molar-refractivity contribution in [2.24, 2.45) is 0 Å². The minimum absolute atomic E-state index is 0.825. The molecule has 0 unspecified atom stereocenters. The zero-order valence-electron chi connectivity index (χ0n) is 8.74. The van der Waals surface area contributed by atoms with Gasteiger partial charge in [-0.2, -0.15) is 5.10 Å². The molecule has 1 heterocycles. The Morgan fingerprint density at radius 2 is 2.31 bits per heavy atom. The highest BCUT2D eigenvalue weighted by atomic mass is 127. The van der Waals surface area contributed by atoms with Gasteiger partial charge in [0.15, 0.2) is 0 Å². The number of halogens is 2. The highest BCUT2D eigenvalue weighted by Gasteiger charge is 2.06. The van der Waals surface area contributed by atoms with Crippen LogP contribution in [0.25, 0.3) is 5.69 Å². The molecule has 0 bridgehead atoms. The molecule has 0 aliphatic carbocycles. The summed E-state index contributed by atoms with van der Waals surface area (Å²) >= 11 is 5.74. The van der Waals surface area contributed by atoms with E-state index in [4.69, 9.17) is 0 Å². The third kappa shape index (κ3) is 2.64. The Hall–Kier alpha value is -0.400. The van der Waals surface area contributed by atoms with Gasteiger partial charge in [-0.15, -0.1) is 0 Å². The van der Waals surface area contributed by atoms with E-state index in [0.717, 1.165) is 20.3 Å². The Kier molecular flexibility index (Phi) is 3.99. The first-order valence-electron chi connectivity index (χ1n) is 4.84. The summed E-state index contributed by atoms with van der Waals surface area (Å²) < 4.78 is 4.13. The lowest BCUT2D eigenvalue weighted by molar-refractivity contribution is 0.788. The van der Waals surface area contributed by atoms with E-state index in [9.17, 15) is 0 Å². The molecule has 0 aliphatic rings. The van der Waals surface area contributed by atoms with Crippen LogP contribution in [-0.2, 0) is 6.54 Å². The van der Waals surface area contributed by atoms with Gasteiger partial charge in [0.25, 0.3) is 0 Å². The van der Waals surface area contributed by atoms with Gasteiger partial charge in [0.05, 0.1) is 15.5 Å². The van der Waals surface area contributed by atoms with E-state index in [1.165, 1.54) is 5.56 Å². The van der Waals surface area contributed by atoms with Crippen LogP contribution in [0.2, 0.25) is 0 Å². The standard InChI is InChI=1S/C11H11BrIN3/c1-14-5-8-4-9(12)2-3-11(8)16-7-10(13)6-15-16/h2-4,6-7,14H,5H2,1H3. The summed E-state index contributed by atoms with van der Waals surface area (Å²) in [5, 5.41) is 7.49. The molecule has 2 rings (SSSR count). The van der Waals surface area contributed by atoms with Crippen LogP contribution in [0.4, 0.5) is 0 Å². The highest BCUT2D eigenvalue weighted by Crippen LogP contribution is 2.20. The Morgan fingerprint density at radius 1 is 1.50 bits per heavy atom. The number of hydrogen-bond donors (Lipinski definition) is 1. The molecule has 0 spiro atoms. The quantitative estimate of drug-likeness (QED) is 0.815. The minimum atomic E-state index is 0.825. The molecule has 0 saturated heterocycles. The van der Waals surface area contributed by atoms with Crippen LogP contribution in [0.3, 0.4) is 0 Å². The second kappa shape index (κ2) is 5.29. The summed E-state index contributed by atoms with van der Waals surface area (Å²) in [6.07, 6.45) is 3.87. The molecule has 16 heavy (non-hydrogen) atoms. The average Bonchev–Trinajstić information content (AvgIpc) is 2.65. The van der Waals surface area contributed by atoms with E-state index in [-0.39, 0.29) is 0 Å². The van der Waals surface area contributed by atoms with Crippen LogP contribution < -0.4 is 5.32 Å². The van der Waals surface area contributed by atoms with Crippen molar-refractivity contribution in [1.82, 2.24) is 15.1 Å². The lowest BCUT2D eigenvalue weighted by Crippen LogP contribution is -2.09. The Balaban J connectivity index is 2.47. The predicted octanol–water partition coefficient (Wildman–Crippen LogP) is 2.96. The van der Waals surface area contributed by atoms with Crippen molar-refractivity contribution < 1.29 is 0 Å². The second-order valence-corrected chi connectivity index (χ2v) is 5.57. The summed E-state index contributed by atoms with van der Waals surface area (Å²) in [4.78, 5) is 0. The van der Waals surface area contributed by atoms with Gasteiger partial charge in [0.1, 0.15) is 0 Å². The fraction of sp³-hybridized carbons (Fsp3) is 0.182. The third-order valence-corrected chi connectivity index (χ3v) is 3.26. The van der Waals surface area contributed by atoms with Gasteiger partial charge in [-0.05, 0) is 53.4 Å². The van der Waals surface area contributed by atoms with Crippen LogP contribution in [-0.4, -0.2) is 16.8 Å². The first kappa shape index (κ1) is 12.1. The molecule has 0 amide bonds. The third-order valence-electron chi connectivity index (χ3n) is 2.21. The van der Waals surface area contributed by atoms with Crippen molar-refractivity contribution in [3.63, 3.8) is 0 Å². The molecule has 0 saturated carbocycles. The first-order valence-corrected chi connectivity index (χ1v) is 6.71. The monoisotopic (exact) mass is 391 g/mol. The van der Waals surface area contributed by atoms with E-state index in [0.29, 0.717) is 0 Å². The molecular weight excluding hydrogens is 381 g/mol. The molecule has 1 aromatic heterocycles. The maximum atomic E-state index is 4.32. The highest BCUT2D eigenvalue weighted by molar-refractivity contribution is 14.1. The number of nitrogens with zero attached hydrogens (tertiary/aromatic N) is 2. The van der Waals surface area contributed by atoms with Gasteiger partial charge in [-0.25, -0.2) is 4.68 Å². The van der Waals surface area contributed by atoms with Crippen molar-refractivity contribution in [2.75, 3.05) is 7.05 Å². The smallest absolute Gasteiger partial charge is 0.0691 e. The number of benzene rings is 1. The predicted molar refractivity (Wildman–Crippen MR) is 76.7 cm³/mol. The van der Waals surface area contributed by atoms with Crippen molar-refractivity contribution in [3.8, 4) is 5.69 Å². The second-order valence-electron chi connectivity index (χ2n) is 3.41. The van der Waals surface area contributed by atoms with Crippen LogP contribution in [0.5, 0.6) is 0 Å². The maximum Gasteiger partial charge on any atom is 0.0691 e. The Morgan fingerprint density at radius 3 is 2.94 bits per heavy atom. The van der Waals surface area contributed by atoms with Crippen molar-refractivity contribution >= 4 is 38.5 Å². The minimum Gasteiger partial charge on any atom is -0.316 e. The van der Waals surface area contributed by atoms with E-state index in [1.54, 1.807) is 0 Å². The van der Waals surface area contributed by atoms with Crippen LogP contribution in [0, 0.1) is 3.57 Å². The van der Waals surface area contributed by atoms with Gasteiger partial charge < -0.3 is 5.32 Å². The number of hydrogen-bond acceptors (Lipinski definition) is 2. The normalized spacial score (nSPS) is 10.7. The molecule has 2 aromatic rings. The van der Waals surface area contributed by atoms with E-state index >= 15 is 0 Å². The van der Waals surface area contributed by atoms with Gasteiger partial charge in [0.2, 0.25) is 0 Å². The number of nitrogens with one attached hydrogen (secondary N) is 1. The molecular formula is C11H11BrIN3. The van der Waals surface area contributed by atoms with Gasteiger partial charge in [-0.1, -0.05) is 15.9 Å². The molecule has 0 atom stereocenters. The zero-order valence-corrected chi connectivity index (χ0v) is 12.5. The average molecular weight is 392 g/mol. The maximum absolute atomic E-state index is 4.32. The van der Waals surface area contributed by atoms with Crippen molar-refractivity contribution in [2.45, 2.75) is 6.54 Å². The zero-order chi connectivity index (χ0) is 11.5. The molecule has 0 fully saturated rings. The molecule has 1 N–H and O–H groups in total. The van der Waals surface area contributed by atoms with E-state index < -0.39 is 0 Å². The summed E-state index contributed by atoms with van der Waals surface area (Å²) in [7, 11) is 1.94. The summed E-state index contributed by atoms with van der Waals surface area (Å²) in [5.41, 5.74) is 2.33. The van der Waals surface area contributed by atoms with E-state index in [2.05, 4.69) is 61.1 Å². The lowest BCUT2D eigenvalue weighted by atomic mass is 10.2. The van der Waals surface area contributed by atoms with E-state index in [1.807, 2.05) is 30.2 Å². The van der Waals surface area contributed by atoms with Gasteiger partial charge in [-0.3, -0.25) is 0 Å². The molecule has 5 heteroatoms. The van der Waals surface area contributed by atoms with Crippen LogP contribution >= 0.6 is 38.5 Å². The molecule has 3 nitrogen and oxygen atoms in total. The molecule has 84 valence electrons. The molecule has 1 aromatic carbocycles. The summed E-state index contributed by atoms with van der Waals surface area (Å²) in [6, 6.07) is 6.21. The lowest BCUT2D eigenvalue weighted by Gasteiger charge is -2.09. The molecule has 0 aliphatic heterocycles. The van der Waals surface area contributed by atoms with Gasteiger partial charge >= 0.3 is 0 Å². The van der Waals surface area contributed by atoms with Gasteiger partial charge in [0, 0.05) is 17.2 Å². The fourth-order valence-corrected chi connectivity index (χ4v) is 2.34. The summed E-state index contributed by atoms with van der Waals surface area (Å²) in [6.45, 7) is 0.825. The summed E-state index contributed by atoms with van der Waals surface area (Å²) in [5.74, 6) is 0. The number of rotatable bonds is 3. The number of aromatic nitrogens is 2. The van der Waals surface area contributed by atoms with Crippen molar-refractivity contribution in [1.29, 1.82) is 0 Å². The van der Waals surface area contributed by atoms with Crippen LogP contribution in [0.15, 0.2) is 35.1 Å². The fourth-order valence-electron chi connectivity index (χ4n) is 1.54. The largest absolute Gasteiger partial charge is 0.316 e.